The first-order valence-electron chi connectivity index (χ1n) is 14.4. The van der Waals surface area contributed by atoms with Crippen LogP contribution in [0.4, 0.5) is 5.69 Å². The van der Waals surface area contributed by atoms with Gasteiger partial charge < -0.3 is 15.0 Å². The van der Waals surface area contributed by atoms with Gasteiger partial charge in [0.1, 0.15) is 18.3 Å². The number of hydrogen-bond donors (Lipinski definition) is 1. The molecule has 0 radical (unpaired) electrons. The summed E-state index contributed by atoms with van der Waals surface area (Å²) in [4.78, 5) is 29.6. The minimum Gasteiger partial charge on any atom is -0.497 e. The van der Waals surface area contributed by atoms with Crippen molar-refractivity contribution in [3.05, 3.63) is 124 Å². The third kappa shape index (κ3) is 8.57. The van der Waals surface area contributed by atoms with Gasteiger partial charge in [0, 0.05) is 35.1 Å². The van der Waals surface area contributed by atoms with Gasteiger partial charge in [-0.1, -0.05) is 84.7 Å². The Bertz CT molecular complexity index is 1670. The molecule has 0 saturated heterocycles. The first kappa shape index (κ1) is 33.8. The van der Waals surface area contributed by atoms with Gasteiger partial charge in [0.25, 0.3) is 10.0 Å². The van der Waals surface area contributed by atoms with Crippen molar-refractivity contribution in [3.8, 4) is 5.75 Å². The number of halogens is 2. The van der Waals surface area contributed by atoms with Crippen molar-refractivity contribution in [1.29, 1.82) is 0 Å². The van der Waals surface area contributed by atoms with E-state index in [1.54, 1.807) is 60.7 Å². The fraction of sp³-hybridized carbons (Fsp3) is 0.235. The van der Waals surface area contributed by atoms with Gasteiger partial charge in [0.15, 0.2) is 0 Å². The molecule has 11 heteroatoms. The van der Waals surface area contributed by atoms with E-state index in [1.165, 1.54) is 24.1 Å². The lowest BCUT2D eigenvalue weighted by atomic mass is 10.0. The second-order valence-corrected chi connectivity index (χ2v) is 12.9. The van der Waals surface area contributed by atoms with E-state index in [0.29, 0.717) is 34.3 Å². The third-order valence-corrected chi connectivity index (χ3v) is 9.68. The zero-order valence-electron chi connectivity index (χ0n) is 25.0. The van der Waals surface area contributed by atoms with Crippen LogP contribution in [0.5, 0.6) is 5.75 Å². The van der Waals surface area contributed by atoms with E-state index in [-0.39, 0.29) is 29.5 Å². The Morgan fingerprint density at radius 1 is 0.844 bits per heavy atom. The molecular weight excluding hydrogens is 633 g/mol. The first-order chi connectivity index (χ1) is 21.6. The number of benzene rings is 4. The molecule has 4 aromatic rings. The summed E-state index contributed by atoms with van der Waals surface area (Å²) in [5, 5.41) is 3.54. The summed E-state index contributed by atoms with van der Waals surface area (Å²) in [6.07, 6.45) is 0.868. The maximum absolute atomic E-state index is 14.5. The Morgan fingerprint density at radius 2 is 1.44 bits per heavy atom. The predicted octanol–water partition coefficient (Wildman–Crippen LogP) is 6.36. The molecule has 0 aliphatic heterocycles. The van der Waals surface area contributed by atoms with E-state index >= 15 is 0 Å². The largest absolute Gasteiger partial charge is 0.497 e. The number of nitrogens with one attached hydrogen (secondary N) is 1. The minimum absolute atomic E-state index is 0.0100. The van der Waals surface area contributed by atoms with Crippen molar-refractivity contribution in [3.63, 3.8) is 0 Å². The Hall–Kier alpha value is -4.05. The number of carbonyl (C=O) groups is 2. The van der Waals surface area contributed by atoms with Crippen molar-refractivity contribution in [1.82, 2.24) is 10.2 Å². The SMILES string of the molecule is CCCNC(=O)[C@H](Cc1ccccc1)N(Cc1c(Cl)cccc1Cl)C(=O)CN(c1ccc(OC)cc1)S(=O)(=O)c1ccccc1. The molecule has 0 spiro atoms. The number of ether oxygens (including phenoxy) is 1. The summed E-state index contributed by atoms with van der Waals surface area (Å²) in [7, 11) is -2.71. The quantitative estimate of drug-likeness (QED) is 0.169. The lowest BCUT2D eigenvalue weighted by molar-refractivity contribution is -0.140. The Balaban J connectivity index is 1.82. The average Bonchev–Trinajstić information content (AvgIpc) is 3.06. The molecule has 8 nitrogen and oxygen atoms in total. The second kappa shape index (κ2) is 15.8. The van der Waals surface area contributed by atoms with Crippen LogP contribution in [0.15, 0.2) is 108 Å². The van der Waals surface area contributed by atoms with Crippen LogP contribution in [0, 0.1) is 0 Å². The van der Waals surface area contributed by atoms with Gasteiger partial charge >= 0.3 is 0 Å². The van der Waals surface area contributed by atoms with Crippen LogP contribution < -0.4 is 14.4 Å². The molecule has 0 aliphatic carbocycles. The summed E-state index contributed by atoms with van der Waals surface area (Å²) in [6, 6.07) is 27.5. The van der Waals surface area contributed by atoms with Crippen LogP contribution in [-0.4, -0.2) is 51.4 Å². The molecule has 45 heavy (non-hydrogen) atoms. The summed E-state index contributed by atoms with van der Waals surface area (Å²) >= 11 is 13.1. The summed E-state index contributed by atoms with van der Waals surface area (Å²) < 4.78 is 34.4. The van der Waals surface area contributed by atoms with Crippen LogP contribution in [0.3, 0.4) is 0 Å². The summed E-state index contributed by atoms with van der Waals surface area (Å²) in [5.74, 6) is -0.472. The number of carbonyl (C=O) groups excluding carboxylic acids is 2. The highest BCUT2D eigenvalue weighted by Crippen LogP contribution is 2.29. The molecular formula is C34H35Cl2N3O5S. The number of sulfonamides is 1. The summed E-state index contributed by atoms with van der Waals surface area (Å²) in [5.41, 5.74) is 1.51. The fourth-order valence-electron chi connectivity index (χ4n) is 4.77. The van der Waals surface area contributed by atoms with Gasteiger partial charge in [-0.3, -0.25) is 13.9 Å². The minimum atomic E-state index is -4.22. The third-order valence-electron chi connectivity index (χ3n) is 7.18. The molecule has 0 bridgehead atoms. The number of anilines is 1. The molecule has 4 rings (SSSR count). The molecule has 0 aliphatic rings. The monoisotopic (exact) mass is 667 g/mol. The zero-order valence-corrected chi connectivity index (χ0v) is 27.4. The van der Waals surface area contributed by atoms with Crippen molar-refractivity contribution < 1.29 is 22.7 Å². The number of methoxy groups -OCH3 is 1. The highest BCUT2D eigenvalue weighted by atomic mass is 35.5. The molecule has 0 aromatic heterocycles. The number of rotatable bonds is 14. The lowest BCUT2D eigenvalue weighted by Crippen LogP contribution is -2.53. The van der Waals surface area contributed by atoms with Gasteiger partial charge in [-0.25, -0.2) is 8.42 Å². The molecule has 1 atom stereocenters. The molecule has 0 heterocycles. The van der Waals surface area contributed by atoms with Crippen molar-refractivity contribution in [2.24, 2.45) is 0 Å². The van der Waals surface area contributed by atoms with Crippen LogP contribution >= 0.6 is 23.2 Å². The molecule has 236 valence electrons. The highest BCUT2D eigenvalue weighted by Gasteiger charge is 2.35. The predicted molar refractivity (Wildman–Crippen MR) is 178 cm³/mol. The fourth-order valence-corrected chi connectivity index (χ4v) is 6.72. The van der Waals surface area contributed by atoms with Gasteiger partial charge in [0.2, 0.25) is 11.8 Å². The molecule has 2 amide bonds. The normalized spacial score (nSPS) is 11.8. The molecule has 0 unspecified atom stereocenters. The lowest BCUT2D eigenvalue weighted by Gasteiger charge is -2.34. The van der Waals surface area contributed by atoms with E-state index in [4.69, 9.17) is 27.9 Å². The second-order valence-electron chi connectivity index (χ2n) is 10.2. The Morgan fingerprint density at radius 3 is 2.02 bits per heavy atom. The highest BCUT2D eigenvalue weighted by molar-refractivity contribution is 7.92. The summed E-state index contributed by atoms with van der Waals surface area (Å²) in [6.45, 7) is 1.60. The van der Waals surface area contributed by atoms with Crippen molar-refractivity contribution >= 4 is 50.7 Å². The van der Waals surface area contributed by atoms with Crippen LogP contribution in [0.25, 0.3) is 0 Å². The standard InChI is InChI=1S/C34H35Cl2N3O5S/c1-3-21-37-34(41)32(22-25-11-6-4-7-12-25)38(23-29-30(35)15-10-16-31(29)36)33(40)24-39(26-17-19-27(44-2)20-18-26)45(42,43)28-13-8-5-9-14-28/h4-20,32H,3,21-24H2,1-2H3,(H,37,41)/t32-/m0/s1. The van der Waals surface area contributed by atoms with E-state index < -0.39 is 28.5 Å². The van der Waals surface area contributed by atoms with Gasteiger partial charge in [0.05, 0.1) is 17.7 Å². The van der Waals surface area contributed by atoms with Crippen LogP contribution in [0.1, 0.15) is 24.5 Å². The average molecular weight is 669 g/mol. The van der Waals surface area contributed by atoms with E-state index in [0.717, 1.165) is 9.87 Å². The van der Waals surface area contributed by atoms with E-state index in [9.17, 15) is 18.0 Å². The van der Waals surface area contributed by atoms with Crippen LogP contribution in [-0.2, 0) is 32.6 Å². The Kier molecular flexibility index (Phi) is 11.9. The van der Waals surface area contributed by atoms with Crippen LogP contribution in [0.2, 0.25) is 10.0 Å². The molecule has 0 saturated carbocycles. The smallest absolute Gasteiger partial charge is 0.264 e. The maximum atomic E-state index is 14.5. The number of nitrogens with zero attached hydrogens (tertiary/aromatic N) is 2. The van der Waals surface area contributed by atoms with E-state index in [2.05, 4.69) is 5.32 Å². The first-order valence-corrected chi connectivity index (χ1v) is 16.6. The van der Waals surface area contributed by atoms with Crippen molar-refractivity contribution in [2.75, 3.05) is 24.5 Å². The maximum Gasteiger partial charge on any atom is 0.264 e. The van der Waals surface area contributed by atoms with Crippen molar-refractivity contribution in [2.45, 2.75) is 37.2 Å². The van der Waals surface area contributed by atoms with Gasteiger partial charge in [-0.15, -0.1) is 0 Å². The zero-order chi connectivity index (χ0) is 32.4. The van der Waals surface area contributed by atoms with Gasteiger partial charge in [-0.2, -0.15) is 0 Å². The number of amides is 2. The topological polar surface area (TPSA) is 96.0 Å². The van der Waals surface area contributed by atoms with E-state index in [1.807, 2.05) is 37.3 Å². The molecule has 4 aromatic carbocycles. The van der Waals surface area contributed by atoms with Gasteiger partial charge in [-0.05, 0) is 60.5 Å². The number of hydrogen-bond acceptors (Lipinski definition) is 5. The molecule has 1 N–H and O–H groups in total. The Labute approximate surface area is 274 Å². The molecule has 0 fully saturated rings.